The molecule has 2 rings (SSSR count). The van der Waals surface area contributed by atoms with Gasteiger partial charge in [0, 0.05) is 10.6 Å². The third-order valence-corrected chi connectivity index (χ3v) is 3.90. The fourth-order valence-electron chi connectivity index (χ4n) is 1.75. The molecule has 0 heterocycles. The molecule has 0 radical (unpaired) electrons. The summed E-state index contributed by atoms with van der Waals surface area (Å²) in [6, 6.07) is 9.20. The molecular formula is C14H10F2N2OS. The smallest absolute Gasteiger partial charge is 0.126 e. The Morgan fingerprint density at radius 2 is 1.80 bits per heavy atom. The minimum Gasteiger partial charge on any atom is -0.399 e. The standard InChI is InChI=1S/C14H10F2N2OS/c15-11-2-9(7-17)1-10(3-11)8-20(19)14-5-12(16)4-13(18)6-14/h1-6H,8,18H2. The number of nitrogen functional groups attached to an aromatic ring is 1. The molecule has 0 aliphatic rings. The second-order valence-corrected chi connectivity index (χ2v) is 5.62. The quantitative estimate of drug-likeness (QED) is 0.884. The third-order valence-electron chi connectivity index (χ3n) is 2.54. The van der Waals surface area contributed by atoms with Crippen molar-refractivity contribution in [3.05, 3.63) is 59.2 Å². The summed E-state index contributed by atoms with van der Waals surface area (Å²) < 4.78 is 38.6. The minimum absolute atomic E-state index is 0.0185. The normalized spacial score (nSPS) is 11.8. The molecule has 20 heavy (non-hydrogen) atoms. The number of nitrogens with two attached hydrogens (primary N) is 1. The molecule has 1 atom stereocenters. The average molecular weight is 292 g/mol. The largest absolute Gasteiger partial charge is 0.399 e. The Morgan fingerprint density at radius 1 is 1.10 bits per heavy atom. The number of hydrogen-bond donors (Lipinski definition) is 1. The molecule has 0 aromatic heterocycles. The van der Waals surface area contributed by atoms with Crippen LogP contribution in [0.3, 0.4) is 0 Å². The Morgan fingerprint density at radius 3 is 2.45 bits per heavy atom. The Labute approximate surface area is 117 Å². The van der Waals surface area contributed by atoms with E-state index in [9.17, 15) is 13.0 Å². The van der Waals surface area contributed by atoms with Gasteiger partial charge in [0.15, 0.2) is 0 Å². The van der Waals surface area contributed by atoms with E-state index in [0.717, 1.165) is 18.2 Å². The van der Waals surface area contributed by atoms with Gasteiger partial charge in [-0.15, -0.1) is 0 Å². The Hall–Kier alpha value is -2.26. The van der Waals surface area contributed by atoms with Crippen LogP contribution in [0.5, 0.6) is 0 Å². The first-order chi connectivity index (χ1) is 9.47. The summed E-state index contributed by atoms with van der Waals surface area (Å²) in [5.41, 5.74) is 6.21. The van der Waals surface area contributed by atoms with Crippen LogP contribution in [-0.4, -0.2) is 4.21 Å². The molecule has 0 saturated carbocycles. The first-order valence-corrected chi connectivity index (χ1v) is 6.94. The van der Waals surface area contributed by atoms with Crippen molar-refractivity contribution in [2.24, 2.45) is 0 Å². The van der Waals surface area contributed by atoms with Crippen LogP contribution in [0.15, 0.2) is 41.3 Å². The molecule has 0 bridgehead atoms. The van der Waals surface area contributed by atoms with Crippen molar-refractivity contribution in [3.63, 3.8) is 0 Å². The number of benzene rings is 2. The van der Waals surface area contributed by atoms with E-state index < -0.39 is 22.4 Å². The molecule has 1 unspecified atom stereocenters. The van der Waals surface area contributed by atoms with Gasteiger partial charge in [-0.1, -0.05) is 0 Å². The van der Waals surface area contributed by atoms with Gasteiger partial charge in [-0.3, -0.25) is 4.21 Å². The molecule has 102 valence electrons. The lowest BCUT2D eigenvalue weighted by Gasteiger charge is -2.05. The molecule has 0 spiro atoms. The van der Waals surface area contributed by atoms with E-state index in [1.807, 2.05) is 6.07 Å². The summed E-state index contributed by atoms with van der Waals surface area (Å²) in [6.45, 7) is 0. The first-order valence-electron chi connectivity index (χ1n) is 5.62. The monoisotopic (exact) mass is 292 g/mol. The molecular weight excluding hydrogens is 282 g/mol. The van der Waals surface area contributed by atoms with Gasteiger partial charge in [-0.2, -0.15) is 5.26 Å². The predicted octanol–water partition coefficient (Wildman–Crippen LogP) is 2.73. The lowest BCUT2D eigenvalue weighted by atomic mass is 10.1. The van der Waals surface area contributed by atoms with Crippen LogP contribution in [0.1, 0.15) is 11.1 Å². The highest BCUT2D eigenvalue weighted by atomic mass is 32.2. The van der Waals surface area contributed by atoms with Gasteiger partial charge in [-0.25, -0.2) is 8.78 Å². The summed E-state index contributed by atoms with van der Waals surface area (Å²) in [7, 11) is -1.57. The van der Waals surface area contributed by atoms with Crippen LogP contribution >= 0.6 is 0 Å². The molecule has 2 aromatic carbocycles. The van der Waals surface area contributed by atoms with Gasteiger partial charge < -0.3 is 5.73 Å². The molecule has 6 heteroatoms. The number of hydrogen-bond acceptors (Lipinski definition) is 3. The fourth-order valence-corrected chi connectivity index (χ4v) is 2.90. The highest BCUT2D eigenvalue weighted by molar-refractivity contribution is 7.84. The Bertz CT molecular complexity index is 705. The van der Waals surface area contributed by atoms with Crippen molar-refractivity contribution < 1.29 is 13.0 Å². The van der Waals surface area contributed by atoms with E-state index in [-0.39, 0.29) is 21.9 Å². The fraction of sp³-hybridized carbons (Fsp3) is 0.0714. The van der Waals surface area contributed by atoms with Gasteiger partial charge in [0.1, 0.15) is 11.6 Å². The highest BCUT2D eigenvalue weighted by Gasteiger charge is 2.09. The van der Waals surface area contributed by atoms with Crippen LogP contribution in [-0.2, 0) is 16.6 Å². The van der Waals surface area contributed by atoms with Gasteiger partial charge in [0.2, 0.25) is 0 Å². The Kier molecular flexibility index (Phi) is 4.11. The van der Waals surface area contributed by atoms with Crippen molar-refractivity contribution in [2.75, 3.05) is 5.73 Å². The molecule has 0 fully saturated rings. The summed E-state index contributed by atoms with van der Waals surface area (Å²) in [4.78, 5) is 0.227. The summed E-state index contributed by atoms with van der Waals surface area (Å²) >= 11 is 0. The maximum absolute atomic E-state index is 13.3. The van der Waals surface area contributed by atoms with Crippen molar-refractivity contribution in [2.45, 2.75) is 10.6 Å². The molecule has 0 saturated heterocycles. The van der Waals surface area contributed by atoms with Crippen molar-refractivity contribution in [1.29, 1.82) is 5.26 Å². The molecule has 0 aliphatic heterocycles. The van der Waals surface area contributed by atoms with Gasteiger partial charge in [0.05, 0.1) is 28.2 Å². The van der Waals surface area contributed by atoms with Gasteiger partial charge in [0.25, 0.3) is 0 Å². The zero-order chi connectivity index (χ0) is 14.7. The van der Waals surface area contributed by atoms with E-state index in [2.05, 4.69) is 0 Å². The molecule has 0 aliphatic carbocycles. The Balaban J connectivity index is 2.28. The third kappa shape index (κ3) is 3.39. The number of halogens is 2. The number of nitriles is 1. The second kappa shape index (κ2) is 5.80. The van der Waals surface area contributed by atoms with E-state index >= 15 is 0 Å². The van der Waals surface area contributed by atoms with E-state index in [1.54, 1.807) is 0 Å². The maximum atomic E-state index is 13.3. The van der Waals surface area contributed by atoms with E-state index in [0.29, 0.717) is 5.56 Å². The zero-order valence-electron chi connectivity index (χ0n) is 10.3. The van der Waals surface area contributed by atoms with Crippen molar-refractivity contribution in [1.82, 2.24) is 0 Å². The molecule has 2 N–H and O–H groups in total. The van der Waals surface area contributed by atoms with E-state index in [1.165, 1.54) is 18.2 Å². The maximum Gasteiger partial charge on any atom is 0.126 e. The lowest BCUT2D eigenvalue weighted by molar-refractivity contribution is 0.622. The molecule has 3 nitrogen and oxygen atoms in total. The SMILES string of the molecule is N#Cc1cc(F)cc(CS(=O)c2cc(N)cc(F)c2)c1. The minimum atomic E-state index is -1.57. The number of anilines is 1. The highest BCUT2D eigenvalue weighted by Crippen LogP contribution is 2.18. The lowest BCUT2D eigenvalue weighted by Crippen LogP contribution is -2.00. The van der Waals surface area contributed by atoms with Crippen molar-refractivity contribution >= 4 is 16.5 Å². The van der Waals surface area contributed by atoms with Crippen LogP contribution in [0.4, 0.5) is 14.5 Å². The predicted molar refractivity (Wildman–Crippen MR) is 72.0 cm³/mol. The zero-order valence-corrected chi connectivity index (χ0v) is 11.1. The average Bonchev–Trinajstić information content (AvgIpc) is 2.36. The van der Waals surface area contributed by atoms with Crippen LogP contribution in [0, 0.1) is 23.0 Å². The van der Waals surface area contributed by atoms with Crippen LogP contribution in [0.25, 0.3) is 0 Å². The molecule has 2 aromatic rings. The second-order valence-electron chi connectivity index (χ2n) is 4.17. The number of nitrogens with zero attached hydrogens (tertiary/aromatic N) is 1. The first kappa shape index (κ1) is 14.2. The van der Waals surface area contributed by atoms with Crippen LogP contribution < -0.4 is 5.73 Å². The molecule has 0 amide bonds. The summed E-state index contributed by atoms with van der Waals surface area (Å²) in [5.74, 6) is -1.17. The van der Waals surface area contributed by atoms with Gasteiger partial charge >= 0.3 is 0 Å². The summed E-state index contributed by atoms with van der Waals surface area (Å²) in [5, 5.41) is 8.75. The number of rotatable bonds is 3. The van der Waals surface area contributed by atoms with Crippen molar-refractivity contribution in [3.8, 4) is 6.07 Å². The summed E-state index contributed by atoms with van der Waals surface area (Å²) in [6.07, 6.45) is 0. The van der Waals surface area contributed by atoms with Crippen LogP contribution in [0.2, 0.25) is 0 Å². The topological polar surface area (TPSA) is 66.9 Å². The van der Waals surface area contributed by atoms with Gasteiger partial charge in [-0.05, 0) is 42.0 Å². The van der Waals surface area contributed by atoms with E-state index in [4.69, 9.17) is 11.0 Å².